The van der Waals surface area contributed by atoms with E-state index in [-0.39, 0.29) is 19.6 Å². The normalized spacial score (nSPS) is 15.1. The highest BCUT2D eigenvalue weighted by molar-refractivity contribution is 5.86. The molecule has 6 N–H and O–H groups in total. The zero-order valence-electron chi connectivity index (χ0n) is 31.1. The number of nitrogens with one attached hydrogen (secondary N) is 1. The first-order valence-corrected chi connectivity index (χ1v) is 17.2. The lowest BCUT2D eigenvalue weighted by Crippen LogP contribution is -2.28. The number of hydrogen-bond donors (Lipinski definition) is 3. The Kier molecular flexibility index (Phi) is 16.2. The van der Waals surface area contributed by atoms with Gasteiger partial charge in [0.2, 0.25) is 5.95 Å². The number of fused-ring (bicyclic) bond motifs is 2. The molecule has 3 aromatic carbocycles. The lowest BCUT2D eigenvalue weighted by atomic mass is 9.90. The van der Waals surface area contributed by atoms with E-state index in [1.54, 1.807) is 23.4 Å². The van der Waals surface area contributed by atoms with Crippen molar-refractivity contribution in [2.45, 2.75) is 92.5 Å². The molecule has 0 saturated carbocycles. The Hall–Kier alpha value is -4.18. The summed E-state index contributed by atoms with van der Waals surface area (Å²) in [4.78, 5) is 19.8. The van der Waals surface area contributed by atoms with E-state index in [9.17, 15) is 9.18 Å². The van der Waals surface area contributed by atoms with Crippen molar-refractivity contribution in [3.8, 4) is 11.1 Å². The van der Waals surface area contributed by atoms with Gasteiger partial charge in [-0.1, -0.05) is 65.5 Å². The lowest BCUT2D eigenvalue weighted by Gasteiger charge is -2.23. The number of nitrogen functional groups attached to an aromatic ring is 1. The monoisotopic (exact) mass is 692 g/mol. The smallest absolute Gasteiger partial charge is 0.223 e. The predicted molar refractivity (Wildman–Crippen MR) is 210 cm³/mol. The maximum atomic E-state index is 14.3. The summed E-state index contributed by atoms with van der Waals surface area (Å²) in [6, 6.07) is 13.5. The summed E-state index contributed by atoms with van der Waals surface area (Å²) in [6.45, 7) is 19.4. The number of carbonyl (C=O) groups is 1. The first-order valence-electron chi connectivity index (χ1n) is 17.2. The fraction of sp³-hybridized carbons (Fsp3) is 0.439. The molecule has 9 heteroatoms. The third-order valence-corrected chi connectivity index (χ3v) is 9.16. The molecule has 1 saturated heterocycles. The van der Waals surface area contributed by atoms with E-state index >= 15 is 0 Å². The minimum atomic E-state index is -0.283. The van der Waals surface area contributed by atoms with Crippen LogP contribution in [-0.4, -0.2) is 52.7 Å². The molecule has 0 bridgehead atoms. The van der Waals surface area contributed by atoms with Gasteiger partial charge in [0.1, 0.15) is 11.6 Å². The first kappa shape index (κ1) is 42.0. The van der Waals surface area contributed by atoms with Crippen molar-refractivity contribution in [3.05, 3.63) is 88.9 Å². The van der Waals surface area contributed by atoms with Crippen LogP contribution in [0.4, 0.5) is 16.0 Å². The summed E-state index contributed by atoms with van der Waals surface area (Å²) >= 11 is 0. The number of Topliss-reactive ketones (excluding diaryl/α,β-unsaturated/α-hetero) is 1. The molecule has 0 spiro atoms. The van der Waals surface area contributed by atoms with Crippen molar-refractivity contribution in [1.29, 1.82) is 0 Å². The van der Waals surface area contributed by atoms with Crippen molar-refractivity contribution in [2.75, 3.05) is 31.4 Å². The number of aromatic nitrogens is 2. The molecule has 8 nitrogen and oxygen atoms in total. The van der Waals surface area contributed by atoms with Gasteiger partial charge in [0, 0.05) is 63.9 Å². The maximum Gasteiger partial charge on any atom is 0.223 e. The highest BCUT2D eigenvalue weighted by atomic mass is 19.1. The van der Waals surface area contributed by atoms with E-state index in [0.29, 0.717) is 35.4 Å². The average Bonchev–Trinajstić information content (AvgIpc) is 3.48. The third-order valence-electron chi connectivity index (χ3n) is 9.16. The van der Waals surface area contributed by atoms with Crippen LogP contribution >= 0.6 is 0 Å². The number of carbonyl (C=O) groups excluding carboxylic acids is 1. The Morgan fingerprint density at radius 2 is 1.80 bits per heavy atom. The zero-order valence-corrected chi connectivity index (χ0v) is 31.1. The van der Waals surface area contributed by atoms with Crippen LogP contribution in [-0.2, 0) is 16.0 Å². The van der Waals surface area contributed by atoms with Gasteiger partial charge in [0.15, 0.2) is 0 Å². The largest absolute Gasteiger partial charge is 0.412 e. The second kappa shape index (κ2) is 19.3. The Bertz CT molecular complexity index is 1740. The summed E-state index contributed by atoms with van der Waals surface area (Å²) in [7, 11) is 1.00. The minimum absolute atomic E-state index is 0. The summed E-state index contributed by atoms with van der Waals surface area (Å²) in [5.41, 5.74) is 15.1. The van der Waals surface area contributed by atoms with E-state index in [2.05, 4.69) is 47.8 Å². The second-order valence-corrected chi connectivity index (χ2v) is 13.7. The van der Waals surface area contributed by atoms with Crippen LogP contribution in [0, 0.1) is 25.1 Å². The number of benzene rings is 3. The van der Waals surface area contributed by atoms with Gasteiger partial charge < -0.3 is 26.4 Å². The molecule has 1 aromatic heterocycles. The summed E-state index contributed by atoms with van der Waals surface area (Å²) in [6.07, 6.45) is 8.86. The number of hydrogen-bond acceptors (Lipinski definition) is 7. The van der Waals surface area contributed by atoms with Crippen LogP contribution in [0.2, 0.25) is 0 Å². The van der Waals surface area contributed by atoms with E-state index < -0.39 is 0 Å². The quantitative estimate of drug-likeness (QED) is 0.177. The van der Waals surface area contributed by atoms with Crippen molar-refractivity contribution < 1.29 is 27.4 Å². The molecule has 276 valence electrons. The van der Waals surface area contributed by atoms with Crippen LogP contribution in [0.5, 0.6) is 0 Å². The fourth-order valence-corrected chi connectivity index (χ4v) is 6.15. The minimum Gasteiger partial charge on any atom is -0.412 e. The molecule has 1 atom stereocenters. The van der Waals surface area contributed by atoms with Crippen LogP contribution < -0.4 is 11.1 Å². The molecule has 0 amide bonds. The molecule has 1 aliphatic heterocycles. The number of ether oxygens (including phenoxy) is 1. The molecule has 50 heavy (non-hydrogen) atoms. The molecule has 6 rings (SSSR count). The molecule has 2 aliphatic rings. The van der Waals surface area contributed by atoms with Crippen molar-refractivity contribution in [1.82, 2.24) is 9.97 Å². The zero-order chi connectivity index (χ0) is 36.3. The number of nitrogens with two attached hydrogens (primary N) is 1. The van der Waals surface area contributed by atoms with Gasteiger partial charge >= 0.3 is 0 Å². The SMILES string of the molecule is C=Cc1cc(C)c2c(c1)[C@H](C)CC2.CCC(=O)C(C)(C)C.CO.Cc1c(N)ccc(F)c1-c1ccc2nc(NC3CCOCC3)ncc2c1.O.[HH].[HH]. The number of anilines is 2. The van der Waals surface area contributed by atoms with Gasteiger partial charge in [-0.15, -0.1) is 0 Å². The average molecular weight is 693 g/mol. The van der Waals surface area contributed by atoms with E-state index in [1.807, 2.05) is 58.9 Å². The number of aryl methyl sites for hydroxylation is 1. The molecule has 1 aliphatic carbocycles. The third kappa shape index (κ3) is 10.9. The summed E-state index contributed by atoms with van der Waals surface area (Å²) < 4.78 is 19.7. The molecular weight excluding hydrogens is 631 g/mol. The van der Waals surface area contributed by atoms with Crippen LogP contribution in [0.15, 0.2) is 55.2 Å². The van der Waals surface area contributed by atoms with Gasteiger partial charge in [0.25, 0.3) is 0 Å². The molecule has 0 radical (unpaired) electrons. The Morgan fingerprint density at radius 3 is 2.40 bits per heavy atom. The standard InChI is InChI=1S/C20H21FN4O.C13H16.C7H14O.CH4O.H2O.2H2/c1-12-17(22)4-3-16(21)19(12)13-2-5-18-14(10-13)11-23-20(25-18)24-15-6-8-26-9-7-15;1-4-11-7-10(3)12-6-5-9(2)13(12)8-11;1-5-6(8)7(2,3)4;1-2;;;/h2-5,10-11,15H,6-9,22H2,1H3,(H,23,24,25);4,7-9H,1,5-6H2,2-3H3;5H2,1-4H3;2H,1H3;1H2;2*1H/t;9-;;;;;/m.1...../s1. The second-order valence-electron chi connectivity index (χ2n) is 13.7. The fourth-order valence-electron chi connectivity index (χ4n) is 6.15. The number of aliphatic hydroxyl groups is 1. The number of ketones is 1. The summed E-state index contributed by atoms with van der Waals surface area (Å²) in [5.74, 6) is 1.41. The highest BCUT2D eigenvalue weighted by Crippen LogP contribution is 2.35. The van der Waals surface area contributed by atoms with Crippen LogP contribution in [0.1, 0.15) is 96.9 Å². The Balaban J connectivity index is 0.000000843. The lowest BCUT2D eigenvalue weighted by molar-refractivity contribution is -0.125. The summed E-state index contributed by atoms with van der Waals surface area (Å²) in [5, 5.41) is 11.2. The van der Waals surface area contributed by atoms with Crippen molar-refractivity contribution in [2.24, 2.45) is 5.41 Å². The van der Waals surface area contributed by atoms with Gasteiger partial charge in [-0.3, -0.25) is 4.79 Å². The number of aliphatic hydroxyl groups excluding tert-OH is 1. The van der Waals surface area contributed by atoms with Crippen LogP contribution in [0.3, 0.4) is 0 Å². The predicted octanol–water partition coefficient (Wildman–Crippen LogP) is 8.89. The Labute approximate surface area is 300 Å². The molecule has 4 aromatic rings. The van der Waals surface area contributed by atoms with Gasteiger partial charge in [-0.2, -0.15) is 0 Å². The highest BCUT2D eigenvalue weighted by Gasteiger charge is 2.20. The Morgan fingerprint density at radius 1 is 1.12 bits per heavy atom. The first-order chi connectivity index (χ1) is 23.3. The van der Waals surface area contributed by atoms with Crippen molar-refractivity contribution in [3.63, 3.8) is 0 Å². The number of halogens is 1. The van der Waals surface area contributed by atoms with Gasteiger partial charge in [-0.25, -0.2) is 14.4 Å². The van der Waals surface area contributed by atoms with Gasteiger partial charge in [-0.05, 0) is 103 Å². The van der Waals surface area contributed by atoms with Gasteiger partial charge in [0.05, 0.1) is 5.52 Å². The maximum absolute atomic E-state index is 14.3. The van der Waals surface area contributed by atoms with Crippen LogP contribution in [0.25, 0.3) is 28.1 Å². The van der Waals surface area contributed by atoms with E-state index in [4.69, 9.17) is 15.6 Å². The molecular formula is C41H61FN4O4. The topological polar surface area (TPSA) is 142 Å². The number of nitrogens with zero attached hydrogens (tertiary/aromatic N) is 2. The number of rotatable bonds is 5. The van der Waals surface area contributed by atoms with Crippen molar-refractivity contribution >= 4 is 34.4 Å². The molecule has 2 heterocycles. The molecule has 0 unspecified atom stereocenters. The molecule has 1 fully saturated rings. The van der Waals surface area contributed by atoms with E-state index in [0.717, 1.165) is 61.1 Å². The van der Waals surface area contributed by atoms with E-state index in [1.165, 1.54) is 30.0 Å².